The molecule has 0 unspecified atom stereocenters. The molecule has 6 rings (SSSR count). The van der Waals surface area contributed by atoms with Crippen molar-refractivity contribution in [1.29, 1.82) is 0 Å². The Bertz CT molecular complexity index is 1600. The van der Waals surface area contributed by atoms with Crippen LogP contribution in [0.5, 0.6) is 0 Å². The highest BCUT2D eigenvalue weighted by molar-refractivity contribution is 7.15. The molecule has 3 heterocycles. The summed E-state index contributed by atoms with van der Waals surface area (Å²) in [5.74, 6) is 0. The van der Waals surface area contributed by atoms with Gasteiger partial charge in [0.25, 0.3) is 5.69 Å². The molecular weight excluding hydrogens is 408 g/mol. The Kier molecular flexibility index (Phi) is 3.84. The van der Waals surface area contributed by atoms with Crippen molar-refractivity contribution < 1.29 is 4.92 Å². The van der Waals surface area contributed by atoms with Gasteiger partial charge in [0.15, 0.2) is 4.96 Å². The van der Waals surface area contributed by atoms with Crippen LogP contribution in [0.4, 0.5) is 5.69 Å². The number of aromatic nitrogens is 3. The van der Waals surface area contributed by atoms with Crippen molar-refractivity contribution in [2.45, 2.75) is 0 Å². The summed E-state index contributed by atoms with van der Waals surface area (Å²) < 4.78 is 2.14. The molecule has 0 aliphatic heterocycles. The van der Waals surface area contributed by atoms with Crippen molar-refractivity contribution in [2.75, 3.05) is 0 Å². The van der Waals surface area contributed by atoms with Gasteiger partial charge in [0.05, 0.1) is 21.8 Å². The summed E-state index contributed by atoms with van der Waals surface area (Å²) >= 11 is 1.59. The van der Waals surface area contributed by atoms with Crippen LogP contribution in [0.15, 0.2) is 84.2 Å². The van der Waals surface area contributed by atoms with Gasteiger partial charge in [-0.25, -0.2) is 9.97 Å². The van der Waals surface area contributed by atoms with Gasteiger partial charge in [0.2, 0.25) is 0 Å². The molecule has 0 amide bonds. The molecule has 6 aromatic rings. The largest absolute Gasteiger partial charge is 0.281 e. The fraction of sp³-hybridized carbons (Fsp3) is 0. The second-order valence-corrected chi connectivity index (χ2v) is 8.03. The molecular formula is C24H14N4O2S. The van der Waals surface area contributed by atoms with Crippen LogP contribution in [-0.2, 0) is 0 Å². The van der Waals surface area contributed by atoms with E-state index in [1.54, 1.807) is 23.5 Å². The van der Waals surface area contributed by atoms with Gasteiger partial charge in [-0.3, -0.25) is 14.5 Å². The number of hydrogen-bond acceptors (Lipinski definition) is 5. The number of para-hydroxylation sites is 1. The summed E-state index contributed by atoms with van der Waals surface area (Å²) in [5.41, 5.74) is 6.39. The summed E-state index contributed by atoms with van der Waals surface area (Å²) in [6.07, 6.45) is 0. The number of nitro benzene ring substituents is 1. The van der Waals surface area contributed by atoms with Crippen molar-refractivity contribution in [1.82, 2.24) is 14.4 Å². The molecule has 148 valence electrons. The topological polar surface area (TPSA) is 73.3 Å². The Morgan fingerprint density at radius 1 is 0.839 bits per heavy atom. The molecule has 3 aromatic carbocycles. The highest BCUT2D eigenvalue weighted by Crippen LogP contribution is 2.37. The van der Waals surface area contributed by atoms with E-state index in [2.05, 4.69) is 21.9 Å². The van der Waals surface area contributed by atoms with Crippen LogP contribution in [-0.4, -0.2) is 19.3 Å². The summed E-state index contributed by atoms with van der Waals surface area (Å²) in [6, 6.07) is 24.7. The number of non-ortho nitro benzene ring substituents is 1. The third-order valence-electron chi connectivity index (χ3n) is 5.40. The van der Waals surface area contributed by atoms with Crippen LogP contribution in [0.2, 0.25) is 0 Å². The van der Waals surface area contributed by atoms with E-state index in [0.29, 0.717) is 0 Å². The molecule has 0 bridgehead atoms. The van der Waals surface area contributed by atoms with E-state index in [0.717, 1.165) is 49.4 Å². The van der Waals surface area contributed by atoms with Gasteiger partial charge in [0.1, 0.15) is 11.0 Å². The number of thiazole rings is 1. The minimum absolute atomic E-state index is 0.0553. The zero-order chi connectivity index (χ0) is 20.9. The molecule has 0 aliphatic carbocycles. The maximum absolute atomic E-state index is 11.1. The predicted molar refractivity (Wildman–Crippen MR) is 123 cm³/mol. The lowest BCUT2D eigenvalue weighted by atomic mass is 10.1. The van der Waals surface area contributed by atoms with Gasteiger partial charge >= 0.3 is 0 Å². The zero-order valence-corrected chi connectivity index (χ0v) is 16.9. The van der Waals surface area contributed by atoms with E-state index >= 15 is 0 Å². The Balaban J connectivity index is 1.74. The predicted octanol–water partition coefficient (Wildman–Crippen LogP) is 6.34. The SMILES string of the molecule is O=[N+]([O-])c1ccc(-c2nc3ccccc3c3nc4scc(-c5ccccc5)n4c23)cc1. The average Bonchev–Trinajstić information content (AvgIpc) is 3.39. The molecule has 0 atom stereocenters. The zero-order valence-electron chi connectivity index (χ0n) is 16.1. The molecule has 0 radical (unpaired) electrons. The minimum atomic E-state index is -0.392. The third-order valence-corrected chi connectivity index (χ3v) is 6.23. The Labute approximate surface area is 180 Å². The van der Waals surface area contributed by atoms with E-state index in [4.69, 9.17) is 9.97 Å². The molecule has 0 saturated carbocycles. The highest BCUT2D eigenvalue weighted by Gasteiger charge is 2.20. The number of nitro groups is 1. The van der Waals surface area contributed by atoms with E-state index in [-0.39, 0.29) is 5.69 Å². The van der Waals surface area contributed by atoms with E-state index in [1.165, 1.54) is 12.1 Å². The first-order valence-corrected chi connectivity index (χ1v) is 10.6. The summed E-state index contributed by atoms with van der Waals surface area (Å²) in [7, 11) is 0. The first-order chi connectivity index (χ1) is 15.2. The minimum Gasteiger partial charge on any atom is -0.281 e. The molecule has 3 aromatic heterocycles. The normalized spacial score (nSPS) is 11.5. The Morgan fingerprint density at radius 3 is 2.35 bits per heavy atom. The first kappa shape index (κ1) is 17.7. The number of imidazole rings is 1. The van der Waals surface area contributed by atoms with Crippen LogP contribution in [0.3, 0.4) is 0 Å². The van der Waals surface area contributed by atoms with Gasteiger partial charge in [-0.2, -0.15) is 0 Å². The lowest BCUT2D eigenvalue weighted by molar-refractivity contribution is -0.384. The quantitative estimate of drug-likeness (QED) is 0.246. The molecule has 0 fully saturated rings. The second-order valence-electron chi connectivity index (χ2n) is 7.20. The number of pyridine rings is 1. The van der Waals surface area contributed by atoms with E-state index in [9.17, 15) is 10.1 Å². The average molecular weight is 422 g/mol. The molecule has 0 spiro atoms. The maximum atomic E-state index is 11.1. The second kappa shape index (κ2) is 6.72. The molecule has 31 heavy (non-hydrogen) atoms. The molecule has 7 heteroatoms. The lowest BCUT2D eigenvalue weighted by Crippen LogP contribution is -1.94. The van der Waals surface area contributed by atoms with Crippen molar-refractivity contribution in [3.05, 3.63) is 94.4 Å². The van der Waals surface area contributed by atoms with Crippen LogP contribution in [0.1, 0.15) is 0 Å². The fourth-order valence-electron chi connectivity index (χ4n) is 3.96. The molecule has 0 saturated heterocycles. The summed E-state index contributed by atoms with van der Waals surface area (Å²) in [5, 5.41) is 14.2. The molecule has 6 nitrogen and oxygen atoms in total. The van der Waals surface area contributed by atoms with Crippen LogP contribution >= 0.6 is 11.3 Å². The smallest absolute Gasteiger partial charge is 0.269 e. The summed E-state index contributed by atoms with van der Waals surface area (Å²) in [6.45, 7) is 0. The lowest BCUT2D eigenvalue weighted by Gasteiger charge is -2.08. The van der Waals surface area contributed by atoms with Crippen molar-refractivity contribution in [3.8, 4) is 22.5 Å². The van der Waals surface area contributed by atoms with E-state index in [1.807, 2.05) is 42.5 Å². The summed E-state index contributed by atoms with van der Waals surface area (Å²) in [4.78, 5) is 21.5. The Morgan fingerprint density at radius 2 is 1.58 bits per heavy atom. The fourth-order valence-corrected chi connectivity index (χ4v) is 4.86. The standard InChI is InChI=1S/C24H14N4O2S/c29-28(30)17-12-10-16(11-13-17)21-23-22(18-8-4-5-9-19(18)25-21)26-24-27(23)20(14-31-24)15-6-2-1-3-7-15/h1-14H. The Hall–Kier alpha value is -4.10. The van der Waals surface area contributed by atoms with Gasteiger partial charge in [0, 0.05) is 28.5 Å². The highest BCUT2D eigenvalue weighted by atomic mass is 32.1. The van der Waals surface area contributed by atoms with Gasteiger partial charge < -0.3 is 0 Å². The van der Waals surface area contributed by atoms with Crippen molar-refractivity contribution in [2.24, 2.45) is 0 Å². The number of nitrogens with zero attached hydrogens (tertiary/aromatic N) is 4. The number of benzene rings is 3. The van der Waals surface area contributed by atoms with Crippen LogP contribution in [0.25, 0.3) is 49.4 Å². The van der Waals surface area contributed by atoms with Crippen molar-refractivity contribution >= 4 is 43.9 Å². The number of rotatable bonds is 3. The van der Waals surface area contributed by atoms with Crippen LogP contribution in [0, 0.1) is 10.1 Å². The monoisotopic (exact) mass is 422 g/mol. The van der Waals surface area contributed by atoms with Crippen molar-refractivity contribution in [3.63, 3.8) is 0 Å². The van der Waals surface area contributed by atoms with Gasteiger partial charge in [-0.05, 0) is 23.8 Å². The number of hydrogen-bond donors (Lipinski definition) is 0. The van der Waals surface area contributed by atoms with Crippen LogP contribution < -0.4 is 0 Å². The number of fused-ring (bicyclic) bond motifs is 5. The van der Waals surface area contributed by atoms with Gasteiger partial charge in [-0.1, -0.05) is 48.5 Å². The molecule has 0 aliphatic rings. The first-order valence-electron chi connectivity index (χ1n) is 9.69. The third kappa shape index (κ3) is 2.71. The van der Waals surface area contributed by atoms with Gasteiger partial charge in [-0.15, -0.1) is 11.3 Å². The molecule has 0 N–H and O–H groups in total. The maximum Gasteiger partial charge on any atom is 0.269 e. The van der Waals surface area contributed by atoms with E-state index < -0.39 is 4.92 Å².